The Bertz CT molecular complexity index is 694. The van der Waals surface area contributed by atoms with Crippen LogP contribution >= 0.6 is 0 Å². The van der Waals surface area contributed by atoms with Crippen LogP contribution in [0.5, 0.6) is 11.5 Å². The van der Waals surface area contributed by atoms with Crippen LogP contribution < -0.4 is 10.5 Å². The smallest absolute Gasteiger partial charge is 0.295 e. The molecule has 7 heteroatoms. The zero-order chi connectivity index (χ0) is 16.1. The Balaban J connectivity index is 0.00000264. The lowest BCUT2D eigenvalue weighted by molar-refractivity contribution is -0.160. The summed E-state index contributed by atoms with van der Waals surface area (Å²) in [5.41, 5.74) is 6.23. The lowest BCUT2D eigenvalue weighted by Gasteiger charge is -2.15. The minimum absolute atomic E-state index is 0. The van der Waals surface area contributed by atoms with Gasteiger partial charge in [-0.2, -0.15) is 0 Å². The first-order valence-corrected chi connectivity index (χ1v) is 6.41. The van der Waals surface area contributed by atoms with Gasteiger partial charge in [-0.1, -0.05) is 0 Å². The molecule has 0 bridgehead atoms. The van der Waals surface area contributed by atoms with Gasteiger partial charge in [0.25, 0.3) is 5.91 Å². The van der Waals surface area contributed by atoms with Crippen molar-refractivity contribution in [3.05, 3.63) is 48.3 Å². The molecule has 0 saturated carbocycles. The predicted octanol–water partition coefficient (Wildman–Crippen LogP) is 2.09. The van der Waals surface area contributed by atoms with Crippen molar-refractivity contribution in [2.45, 2.75) is 0 Å². The van der Waals surface area contributed by atoms with E-state index in [1.54, 1.807) is 42.7 Å². The van der Waals surface area contributed by atoms with E-state index in [2.05, 4.69) is 4.98 Å². The Hall–Kier alpha value is -2.93. The van der Waals surface area contributed by atoms with E-state index in [4.69, 9.17) is 20.7 Å². The van der Waals surface area contributed by atoms with Crippen LogP contribution in [0.1, 0.15) is 6.99 Å². The fourth-order valence-corrected chi connectivity index (χ4v) is 1.73. The molecule has 0 aliphatic rings. The van der Waals surface area contributed by atoms with Crippen molar-refractivity contribution in [1.82, 2.24) is 10.0 Å². The van der Waals surface area contributed by atoms with Gasteiger partial charge in [-0.15, -0.1) is 0 Å². The maximum atomic E-state index is 11.9. The molecule has 0 atom stereocenters. The number of pyridine rings is 1. The zero-order valence-electron chi connectivity index (χ0n) is 12.2. The van der Waals surface area contributed by atoms with Crippen LogP contribution in [0.2, 0.25) is 0 Å². The van der Waals surface area contributed by atoms with Gasteiger partial charge in [0.1, 0.15) is 17.2 Å². The number of nitrogens with one attached hydrogen (secondary N) is 1. The van der Waals surface area contributed by atoms with E-state index in [0.717, 1.165) is 5.06 Å². The normalized spacial score (nSPS) is 10.1. The van der Waals surface area contributed by atoms with Crippen molar-refractivity contribution >= 4 is 17.3 Å². The molecule has 116 valence electrons. The van der Waals surface area contributed by atoms with E-state index in [0.29, 0.717) is 17.1 Å². The molecule has 2 aromatic rings. The van der Waals surface area contributed by atoms with Gasteiger partial charge in [0.2, 0.25) is 0 Å². The molecular formula is C15H18N4O3. The minimum Gasteiger partial charge on any atom is -0.456 e. The van der Waals surface area contributed by atoms with Gasteiger partial charge in [-0.25, -0.2) is 5.06 Å². The molecule has 0 saturated heterocycles. The summed E-state index contributed by atoms with van der Waals surface area (Å²) in [4.78, 5) is 20.6. The monoisotopic (exact) mass is 302 g/mol. The van der Waals surface area contributed by atoms with Gasteiger partial charge in [0, 0.05) is 32.0 Å². The summed E-state index contributed by atoms with van der Waals surface area (Å²) in [5.74, 6) is 0.477. The van der Waals surface area contributed by atoms with Crippen molar-refractivity contribution in [3.63, 3.8) is 0 Å². The van der Waals surface area contributed by atoms with E-state index >= 15 is 0 Å². The molecule has 1 amide bonds. The summed E-state index contributed by atoms with van der Waals surface area (Å²) in [7, 11) is 2.77. The Morgan fingerprint density at radius 3 is 2.73 bits per heavy atom. The molecular weight excluding hydrogens is 284 g/mol. The molecule has 0 fully saturated rings. The standard InChI is InChI=1S/C15H16N4O3.H2/c1-19(21-2)15(20)14(17)12-6-5-10(8-13(12)16)22-11-4-3-7-18-9-11;/h3-9,17H,16H2,1-2H3;1H. The third kappa shape index (κ3) is 3.39. The van der Waals surface area contributed by atoms with Gasteiger partial charge in [-0.05, 0) is 24.3 Å². The molecule has 0 aliphatic carbocycles. The van der Waals surface area contributed by atoms with Crippen LogP contribution in [-0.4, -0.2) is 35.8 Å². The summed E-state index contributed by atoms with van der Waals surface area (Å²) in [6, 6.07) is 8.26. The Kier molecular flexibility index (Phi) is 4.70. The third-order valence-corrected chi connectivity index (χ3v) is 2.94. The highest BCUT2D eigenvalue weighted by Crippen LogP contribution is 2.25. The van der Waals surface area contributed by atoms with Gasteiger partial charge in [0.05, 0.1) is 13.3 Å². The first-order valence-electron chi connectivity index (χ1n) is 6.41. The number of likely N-dealkylation sites (N-methyl/N-ethyl adjacent to an activating group) is 1. The average Bonchev–Trinajstić information content (AvgIpc) is 2.54. The molecule has 1 heterocycles. The number of anilines is 1. The molecule has 0 radical (unpaired) electrons. The van der Waals surface area contributed by atoms with Crippen molar-refractivity contribution in [1.29, 1.82) is 5.41 Å². The van der Waals surface area contributed by atoms with Crippen molar-refractivity contribution in [2.24, 2.45) is 0 Å². The first-order chi connectivity index (χ1) is 10.5. The lowest BCUT2D eigenvalue weighted by Crippen LogP contribution is -2.32. The second-order valence-electron chi connectivity index (χ2n) is 4.40. The average molecular weight is 302 g/mol. The number of amides is 1. The van der Waals surface area contributed by atoms with Gasteiger partial charge < -0.3 is 10.5 Å². The second-order valence-corrected chi connectivity index (χ2v) is 4.40. The summed E-state index contributed by atoms with van der Waals surface area (Å²) in [6.07, 6.45) is 3.22. The molecule has 2 rings (SSSR count). The van der Waals surface area contributed by atoms with Crippen LogP contribution in [0, 0.1) is 5.41 Å². The van der Waals surface area contributed by atoms with Crippen molar-refractivity contribution in [3.8, 4) is 11.5 Å². The molecule has 1 aromatic heterocycles. The summed E-state index contributed by atoms with van der Waals surface area (Å²) in [5, 5.41) is 8.86. The van der Waals surface area contributed by atoms with E-state index in [1.165, 1.54) is 14.2 Å². The van der Waals surface area contributed by atoms with E-state index < -0.39 is 5.91 Å². The lowest BCUT2D eigenvalue weighted by atomic mass is 10.1. The number of nitrogen functional groups attached to an aromatic ring is 1. The number of carbonyl (C=O) groups is 1. The number of benzene rings is 1. The Labute approximate surface area is 129 Å². The number of rotatable bonds is 5. The molecule has 7 nitrogen and oxygen atoms in total. The molecule has 1 aromatic carbocycles. The molecule has 0 spiro atoms. The summed E-state index contributed by atoms with van der Waals surface area (Å²) < 4.78 is 5.59. The fourth-order valence-electron chi connectivity index (χ4n) is 1.73. The largest absolute Gasteiger partial charge is 0.456 e. The highest BCUT2D eigenvalue weighted by Gasteiger charge is 2.19. The van der Waals surface area contributed by atoms with Crippen LogP contribution in [0.25, 0.3) is 0 Å². The molecule has 22 heavy (non-hydrogen) atoms. The number of hydroxylamine groups is 2. The third-order valence-electron chi connectivity index (χ3n) is 2.94. The van der Waals surface area contributed by atoms with Crippen LogP contribution in [-0.2, 0) is 9.63 Å². The van der Waals surface area contributed by atoms with Crippen LogP contribution in [0.3, 0.4) is 0 Å². The van der Waals surface area contributed by atoms with E-state index in [9.17, 15) is 4.79 Å². The SMILES string of the molecule is CON(C)C(=O)C(=N)c1ccc(Oc2cccnc2)cc1N.[HH]. The van der Waals surface area contributed by atoms with Gasteiger partial charge >= 0.3 is 0 Å². The summed E-state index contributed by atoms with van der Waals surface area (Å²) >= 11 is 0. The minimum atomic E-state index is -0.588. The number of nitrogens with zero attached hydrogens (tertiary/aromatic N) is 2. The zero-order valence-corrected chi connectivity index (χ0v) is 12.2. The second kappa shape index (κ2) is 6.68. The number of hydrogen-bond donors (Lipinski definition) is 2. The fraction of sp³-hybridized carbons (Fsp3) is 0.133. The molecule has 3 N–H and O–H groups in total. The summed E-state index contributed by atoms with van der Waals surface area (Å²) in [6.45, 7) is 0. The molecule has 0 unspecified atom stereocenters. The maximum Gasteiger partial charge on any atom is 0.295 e. The topological polar surface area (TPSA) is 102 Å². The van der Waals surface area contributed by atoms with Crippen molar-refractivity contribution < 1.29 is 15.8 Å². The van der Waals surface area contributed by atoms with Crippen LogP contribution in [0.15, 0.2) is 42.7 Å². The van der Waals surface area contributed by atoms with E-state index in [-0.39, 0.29) is 12.8 Å². The van der Waals surface area contributed by atoms with E-state index in [1.807, 2.05) is 0 Å². The number of hydrogen-bond acceptors (Lipinski definition) is 6. The van der Waals surface area contributed by atoms with Gasteiger partial charge in [0.15, 0.2) is 0 Å². The van der Waals surface area contributed by atoms with Crippen molar-refractivity contribution in [2.75, 3.05) is 19.9 Å². The van der Waals surface area contributed by atoms with Gasteiger partial charge in [-0.3, -0.25) is 20.0 Å². The number of nitrogens with two attached hydrogens (primary N) is 1. The number of aromatic nitrogens is 1. The Morgan fingerprint density at radius 1 is 1.36 bits per heavy atom. The Morgan fingerprint density at radius 2 is 2.14 bits per heavy atom. The predicted molar refractivity (Wildman–Crippen MR) is 83.9 cm³/mol. The maximum absolute atomic E-state index is 11.9. The highest BCUT2D eigenvalue weighted by molar-refractivity contribution is 6.44. The quantitative estimate of drug-likeness (QED) is 0.500. The number of carbonyl (C=O) groups excluding carboxylic acids is 1. The highest BCUT2D eigenvalue weighted by atomic mass is 16.7. The van der Waals surface area contributed by atoms with Crippen LogP contribution in [0.4, 0.5) is 5.69 Å². The molecule has 0 aliphatic heterocycles. The first kappa shape index (κ1) is 15.5. The number of ether oxygens (including phenoxy) is 1.